The van der Waals surface area contributed by atoms with Crippen LogP contribution in [0.3, 0.4) is 0 Å². The molecule has 0 aliphatic heterocycles. The fourth-order valence-electron chi connectivity index (χ4n) is 3.92. The first-order valence-corrected chi connectivity index (χ1v) is 17.1. The van der Waals surface area contributed by atoms with Crippen molar-refractivity contribution in [3.8, 4) is 34.2 Å². The number of hydrogen-bond acceptors (Lipinski definition) is 6. The quantitative estimate of drug-likeness (QED) is 0.213. The molecule has 0 aliphatic rings. The van der Waals surface area contributed by atoms with Crippen LogP contribution >= 0.6 is 9.42 Å². The maximum absolute atomic E-state index is 10.3. The summed E-state index contributed by atoms with van der Waals surface area (Å²) < 4.78 is 7.08. The molecule has 4 aromatic heterocycles. The summed E-state index contributed by atoms with van der Waals surface area (Å²) in [6.45, 7) is 0. The largest absolute Gasteiger partial charge is 1.00 e. The minimum atomic E-state index is 0. The normalized spacial score (nSPS) is 9.26. The Hall–Kier alpha value is -4.01. The minimum absolute atomic E-state index is 0. The monoisotopic (exact) mass is 1050 g/mol. The minimum Gasteiger partial charge on any atom is -0.872 e. The second-order valence-electron chi connectivity index (χ2n) is 9.29. The van der Waals surface area contributed by atoms with E-state index in [1.165, 1.54) is 12.1 Å². The molecule has 14 heteroatoms. The molecule has 0 aliphatic carbocycles. The van der Waals surface area contributed by atoms with Gasteiger partial charge >= 0.3 is 57.7 Å². The number of benzene rings is 4. The number of phenols is 1. The van der Waals surface area contributed by atoms with Gasteiger partial charge in [0.15, 0.2) is 0 Å². The first-order valence-electron chi connectivity index (χ1n) is 14.3. The summed E-state index contributed by atoms with van der Waals surface area (Å²) in [5.74, 6) is 0.394. The predicted molar refractivity (Wildman–Crippen MR) is 179 cm³/mol. The predicted octanol–water partition coefficient (Wildman–Crippen LogP) is 3.56. The number of halogens is 1. The molecule has 10 nitrogen and oxygen atoms in total. The molecule has 0 atom stereocenters. The molecular weight excluding hydrogens is 1030 g/mol. The third kappa shape index (κ3) is 14.1. The van der Waals surface area contributed by atoms with Crippen LogP contribution in [0.5, 0.6) is 11.5 Å². The molecule has 4 aromatic carbocycles. The van der Waals surface area contributed by atoms with Crippen LogP contribution in [0.1, 0.15) is 0 Å². The fraction of sp³-hybridized carbons (Fsp3) is 0. The van der Waals surface area contributed by atoms with Crippen LogP contribution in [-0.2, 0) is 39.8 Å². The van der Waals surface area contributed by atoms with Gasteiger partial charge in [-0.25, -0.2) is 0 Å². The molecule has 0 fully saturated rings. The van der Waals surface area contributed by atoms with Crippen molar-refractivity contribution in [2.45, 2.75) is 0 Å². The van der Waals surface area contributed by atoms with E-state index in [1.807, 2.05) is 97.6 Å². The molecule has 50 heavy (non-hydrogen) atoms. The summed E-state index contributed by atoms with van der Waals surface area (Å²) in [7, 11) is 4.61. The molecule has 0 spiro atoms. The Morgan fingerprint density at radius 3 is 0.980 bits per heavy atom. The molecule has 0 unspecified atom stereocenters. The smallest absolute Gasteiger partial charge is 0.872 e. The molecule has 0 amide bonds. The van der Waals surface area contributed by atoms with Crippen LogP contribution in [0.4, 0.5) is 0 Å². The number of phenolic OH excluding ortho intramolecular Hbond substituents is 1. The van der Waals surface area contributed by atoms with E-state index in [1.54, 1.807) is 98.7 Å². The van der Waals surface area contributed by atoms with Gasteiger partial charge in [-0.15, -0.1) is 42.1 Å². The zero-order valence-corrected chi connectivity index (χ0v) is 33.9. The van der Waals surface area contributed by atoms with Gasteiger partial charge in [0, 0.05) is 70.6 Å². The summed E-state index contributed by atoms with van der Waals surface area (Å²) >= 11 is 1.61. The molecule has 254 valence electrons. The van der Waals surface area contributed by atoms with Crippen molar-refractivity contribution >= 4 is 9.42 Å². The van der Waals surface area contributed by atoms with Crippen LogP contribution in [0.15, 0.2) is 171 Å². The van der Waals surface area contributed by atoms with Gasteiger partial charge in [0.25, 0.3) is 0 Å². The Kier molecular flexibility index (Phi) is 20.4. The van der Waals surface area contributed by atoms with Crippen LogP contribution in [0.2, 0.25) is 0 Å². The van der Waals surface area contributed by atoms with Crippen molar-refractivity contribution in [3.63, 3.8) is 0 Å². The zero-order valence-electron chi connectivity index (χ0n) is 26.6. The second-order valence-corrected chi connectivity index (χ2v) is 9.29. The van der Waals surface area contributed by atoms with E-state index in [9.17, 15) is 5.11 Å². The van der Waals surface area contributed by atoms with Gasteiger partial charge in [-0.05, 0) is 59.1 Å². The fourth-order valence-corrected chi connectivity index (χ4v) is 3.92. The van der Waals surface area contributed by atoms with Crippen LogP contribution in [0.25, 0.3) is 22.7 Å². The number of hydrogen-bond donors (Lipinski definition) is 1. The summed E-state index contributed by atoms with van der Waals surface area (Å²) in [5.41, 5.74) is 3.60. The Balaban J connectivity index is 0.000000239. The molecule has 4 heterocycles. The molecule has 1 N–H and O–H groups in total. The van der Waals surface area contributed by atoms with E-state index in [0.717, 1.165) is 22.7 Å². The number of para-hydroxylation sites is 2. The first-order chi connectivity index (χ1) is 23.7. The summed E-state index contributed by atoms with van der Waals surface area (Å²) in [5, 5.41) is 35.6. The average Bonchev–Trinajstić information content (AvgIpc) is 3.99. The molecule has 0 bridgehead atoms. The Morgan fingerprint density at radius 2 is 0.780 bits per heavy atom. The zero-order chi connectivity index (χ0) is 33.8. The van der Waals surface area contributed by atoms with Crippen LogP contribution < -0.4 is 34.7 Å². The second kappa shape index (κ2) is 24.2. The summed E-state index contributed by atoms with van der Waals surface area (Å²) in [4.78, 5) is 0. The van der Waals surface area contributed by atoms with E-state index in [0.29, 0.717) is 5.75 Å². The van der Waals surface area contributed by atoms with E-state index in [-0.39, 0.29) is 56.4 Å². The van der Waals surface area contributed by atoms with Crippen LogP contribution in [0, 0.1) is 12.1 Å². The van der Waals surface area contributed by atoms with Crippen molar-refractivity contribution in [2.24, 2.45) is 0 Å². The van der Waals surface area contributed by atoms with Gasteiger partial charge in [-0.2, -0.15) is 32.5 Å². The third-order valence-electron chi connectivity index (χ3n) is 6.03. The van der Waals surface area contributed by atoms with E-state index in [2.05, 4.69) is 41.9 Å². The van der Waals surface area contributed by atoms with Gasteiger partial charge in [-0.1, -0.05) is 48.5 Å². The third-order valence-corrected chi connectivity index (χ3v) is 6.03. The SMILES string of the molecule is Oc1ccccc1.[Cl][Pt+].[Na+].[O-]c1ccccc1.[Pt].[c-]1c(-n2cccn2)cccc1-n1cccn1.[c-]1c(-n2cccn2)cccc1-n1cccn1. The first kappa shape index (κ1) is 42.2. The molecule has 0 saturated carbocycles. The van der Waals surface area contributed by atoms with E-state index >= 15 is 0 Å². The Bertz CT molecular complexity index is 1720. The van der Waals surface area contributed by atoms with E-state index < -0.39 is 0 Å². The van der Waals surface area contributed by atoms with E-state index in [4.69, 9.17) is 5.11 Å². The topological polar surface area (TPSA) is 115 Å². The molecule has 0 saturated heterocycles. The molecule has 8 rings (SSSR count). The maximum Gasteiger partial charge on any atom is 1.00 e. The maximum atomic E-state index is 10.3. The van der Waals surface area contributed by atoms with Crippen LogP contribution in [-0.4, -0.2) is 44.2 Å². The van der Waals surface area contributed by atoms with Crippen molar-refractivity contribution in [1.82, 2.24) is 39.1 Å². The van der Waals surface area contributed by atoms with Gasteiger partial charge in [0.2, 0.25) is 0 Å². The summed E-state index contributed by atoms with van der Waals surface area (Å²) in [6.07, 6.45) is 14.5. The van der Waals surface area contributed by atoms with Gasteiger partial charge in [0.05, 0.1) is 0 Å². The van der Waals surface area contributed by atoms with Crippen molar-refractivity contribution in [2.75, 3.05) is 0 Å². The van der Waals surface area contributed by atoms with Crippen molar-refractivity contribution < 1.29 is 79.6 Å². The van der Waals surface area contributed by atoms with Gasteiger partial charge < -0.3 is 10.2 Å². The number of nitrogens with zero attached hydrogens (tertiary/aromatic N) is 8. The average molecular weight is 1050 g/mol. The van der Waals surface area contributed by atoms with Crippen molar-refractivity contribution in [3.05, 3.63) is 183 Å². The Labute approximate surface area is 342 Å². The summed E-state index contributed by atoms with van der Waals surface area (Å²) in [6, 6.07) is 42.8. The number of rotatable bonds is 4. The van der Waals surface area contributed by atoms with Gasteiger partial charge in [0.1, 0.15) is 5.75 Å². The Morgan fingerprint density at radius 1 is 0.480 bits per heavy atom. The standard InChI is InChI=1S/2C12H9N4.2C6H6O.ClH.Na.2Pt/c2*1-4-11(15-8-2-6-13-15)10-12(5-1)16-9-3-7-14-16;2*7-6-4-2-1-3-5-6;;;;/h2*1-9H;2*1-5,7H;1H;;;/q2*-1;;;;+1;;+2/p-2. The molecule has 8 aromatic rings. The van der Waals surface area contributed by atoms with Gasteiger partial charge in [-0.3, -0.25) is 18.7 Å². The number of aromatic hydroxyl groups is 1. The van der Waals surface area contributed by atoms with Crippen molar-refractivity contribution in [1.29, 1.82) is 0 Å². The molecular formula is C36H29ClN8NaO2Pt2-. The molecule has 0 radical (unpaired) electrons. The number of aromatic nitrogens is 8.